The van der Waals surface area contributed by atoms with Gasteiger partial charge in [0.1, 0.15) is 5.65 Å². The number of hydrogen-bond acceptors (Lipinski definition) is 5. The molecule has 1 amide bonds. The van der Waals surface area contributed by atoms with E-state index < -0.39 is 22.7 Å². The van der Waals surface area contributed by atoms with Crippen LogP contribution in [0.25, 0.3) is 11.0 Å². The normalized spacial score (nSPS) is 10.9. The van der Waals surface area contributed by atoms with E-state index in [1.165, 1.54) is 33.4 Å². The van der Waals surface area contributed by atoms with Crippen molar-refractivity contribution in [3.8, 4) is 0 Å². The minimum absolute atomic E-state index is 0.0470. The van der Waals surface area contributed by atoms with Crippen LogP contribution in [0, 0.1) is 0 Å². The lowest BCUT2D eigenvalue weighted by Gasteiger charge is -2.14. The standard InChI is InChI=1S/C16H14ClN5O4/c1-20-10(23)7-8(13(24)19-9-5-4-6-18-12(9)17)11-14(20)21(2)16(26)22(3)15(11)25/h4-7H,1-3H3,(H,19,24). The summed E-state index contributed by atoms with van der Waals surface area (Å²) in [5, 5.41) is 2.55. The Hall–Kier alpha value is -3.20. The summed E-state index contributed by atoms with van der Waals surface area (Å²) in [4.78, 5) is 53.6. The fourth-order valence-electron chi connectivity index (χ4n) is 2.71. The number of aryl methyl sites for hydroxylation is 2. The third-order valence-corrected chi connectivity index (χ3v) is 4.37. The van der Waals surface area contributed by atoms with Gasteiger partial charge >= 0.3 is 5.69 Å². The Labute approximate surface area is 151 Å². The van der Waals surface area contributed by atoms with Crippen molar-refractivity contribution in [3.05, 3.63) is 66.3 Å². The van der Waals surface area contributed by atoms with Gasteiger partial charge in [-0.25, -0.2) is 9.78 Å². The Morgan fingerprint density at radius 3 is 2.46 bits per heavy atom. The van der Waals surface area contributed by atoms with Gasteiger partial charge in [-0.3, -0.25) is 28.1 Å². The van der Waals surface area contributed by atoms with Crippen molar-refractivity contribution in [2.45, 2.75) is 0 Å². The van der Waals surface area contributed by atoms with Crippen LogP contribution in [0.1, 0.15) is 10.4 Å². The molecule has 1 N–H and O–H groups in total. The van der Waals surface area contributed by atoms with E-state index in [1.54, 1.807) is 6.07 Å². The van der Waals surface area contributed by atoms with Gasteiger partial charge in [-0.15, -0.1) is 0 Å². The molecule has 0 radical (unpaired) electrons. The van der Waals surface area contributed by atoms with E-state index >= 15 is 0 Å². The monoisotopic (exact) mass is 375 g/mol. The topological polar surface area (TPSA) is 108 Å². The van der Waals surface area contributed by atoms with Crippen LogP contribution in [0.4, 0.5) is 5.69 Å². The van der Waals surface area contributed by atoms with Crippen LogP contribution in [0.2, 0.25) is 5.15 Å². The van der Waals surface area contributed by atoms with Crippen LogP contribution < -0.4 is 22.1 Å². The van der Waals surface area contributed by atoms with Crippen LogP contribution in [-0.4, -0.2) is 24.6 Å². The Balaban J connectivity index is 2.34. The number of aromatic nitrogens is 4. The zero-order chi connectivity index (χ0) is 19.2. The Kier molecular flexibility index (Phi) is 4.25. The van der Waals surface area contributed by atoms with Gasteiger partial charge in [0.15, 0.2) is 5.15 Å². The van der Waals surface area contributed by atoms with Crippen molar-refractivity contribution >= 4 is 34.2 Å². The Bertz CT molecular complexity index is 1240. The molecular weight excluding hydrogens is 362 g/mol. The second kappa shape index (κ2) is 6.26. The molecule has 0 bridgehead atoms. The Morgan fingerprint density at radius 2 is 1.81 bits per heavy atom. The fourth-order valence-corrected chi connectivity index (χ4v) is 2.87. The van der Waals surface area contributed by atoms with Gasteiger partial charge in [0, 0.05) is 33.4 Å². The molecular formula is C16H14ClN5O4. The van der Waals surface area contributed by atoms with E-state index in [9.17, 15) is 19.2 Å². The molecule has 3 heterocycles. The van der Waals surface area contributed by atoms with Gasteiger partial charge < -0.3 is 5.32 Å². The van der Waals surface area contributed by atoms with Gasteiger partial charge in [0.2, 0.25) is 0 Å². The highest BCUT2D eigenvalue weighted by Crippen LogP contribution is 2.19. The van der Waals surface area contributed by atoms with Crippen molar-refractivity contribution in [2.75, 3.05) is 5.32 Å². The SMILES string of the molecule is Cn1c(=O)c2c(C(=O)Nc3cccnc3Cl)cc(=O)n(C)c2n(C)c1=O. The number of amides is 1. The first-order chi connectivity index (χ1) is 12.2. The lowest BCUT2D eigenvalue weighted by atomic mass is 10.1. The molecule has 0 spiro atoms. The zero-order valence-electron chi connectivity index (χ0n) is 14.1. The molecule has 0 saturated carbocycles. The third-order valence-electron chi connectivity index (χ3n) is 4.07. The van der Waals surface area contributed by atoms with E-state index in [0.29, 0.717) is 0 Å². The number of carbonyl (C=O) groups is 1. The summed E-state index contributed by atoms with van der Waals surface area (Å²) in [5.41, 5.74) is -1.70. The van der Waals surface area contributed by atoms with Gasteiger partial charge in [-0.1, -0.05) is 11.6 Å². The summed E-state index contributed by atoms with van der Waals surface area (Å²) in [6, 6.07) is 4.16. The third kappa shape index (κ3) is 2.62. The van der Waals surface area contributed by atoms with E-state index in [1.807, 2.05) is 0 Å². The van der Waals surface area contributed by atoms with E-state index in [2.05, 4.69) is 10.3 Å². The van der Waals surface area contributed by atoms with E-state index in [-0.39, 0.29) is 27.4 Å². The maximum Gasteiger partial charge on any atom is 0.332 e. The minimum atomic E-state index is -0.710. The molecule has 3 rings (SSSR count). The number of anilines is 1. The molecule has 3 aromatic rings. The molecule has 0 aliphatic heterocycles. The number of nitrogens with zero attached hydrogens (tertiary/aromatic N) is 4. The fraction of sp³-hybridized carbons (Fsp3) is 0.188. The van der Waals surface area contributed by atoms with Crippen LogP contribution in [0.5, 0.6) is 0 Å². The van der Waals surface area contributed by atoms with Gasteiger partial charge in [0.05, 0.1) is 16.6 Å². The summed E-state index contributed by atoms with van der Waals surface area (Å²) in [5.74, 6) is -0.710. The second-order valence-corrected chi connectivity index (χ2v) is 6.01. The number of fused-ring (bicyclic) bond motifs is 1. The quantitative estimate of drug-likeness (QED) is 0.645. The predicted octanol–water partition coefficient (Wildman–Crippen LogP) is 0.237. The summed E-state index contributed by atoms with van der Waals surface area (Å²) in [6.45, 7) is 0. The molecule has 26 heavy (non-hydrogen) atoms. The number of nitrogens with one attached hydrogen (secondary N) is 1. The minimum Gasteiger partial charge on any atom is -0.319 e. The first-order valence-corrected chi connectivity index (χ1v) is 7.83. The largest absolute Gasteiger partial charge is 0.332 e. The second-order valence-electron chi connectivity index (χ2n) is 5.66. The number of rotatable bonds is 2. The number of pyridine rings is 2. The van der Waals surface area contributed by atoms with Crippen LogP contribution in [-0.2, 0) is 21.1 Å². The zero-order valence-corrected chi connectivity index (χ0v) is 14.9. The summed E-state index contributed by atoms with van der Waals surface area (Å²) >= 11 is 5.93. The molecule has 0 atom stereocenters. The molecule has 9 nitrogen and oxygen atoms in total. The number of hydrogen-bond donors (Lipinski definition) is 1. The van der Waals surface area contributed by atoms with Crippen molar-refractivity contribution in [2.24, 2.45) is 21.1 Å². The van der Waals surface area contributed by atoms with Crippen LogP contribution >= 0.6 is 11.6 Å². The summed E-state index contributed by atoms with van der Waals surface area (Å²) in [7, 11) is 4.14. The van der Waals surface area contributed by atoms with Gasteiger partial charge in [-0.05, 0) is 12.1 Å². The maximum absolute atomic E-state index is 12.7. The lowest BCUT2D eigenvalue weighted by Crippen LogP contribution is -2.40. The van der Waals surface area contributed by atoms with Crippen molar-refractivity contribution in [1.29, 1.82) is 0 Å². The number of carbonyl (C=O) groups excluding carboxylic acids is 1. The molecule has 134 valence electrons. The van der Waals surface area contributed by atoms with Crippen LogP contribution in [0.15, 0.2) is 38.8 Å². The highest BCUT2D eigenvalue weighted by Gasteiger charge is 2.21. The number of halogens is 1. The first kappa shape index (κ1) is 17.6. The molecule has 0 aromatic carbocycles. The molecule has 0 aliphatic rings. The molecule has 0 fully saturated rings. The molecule has 0 unspecified atom stereocenters. The smallest absolute Gasteiger partial charge is 0.319 e. The summed E-state index contributed by atoms with van der Waals surface area (Å²) < 4.78 is 3.17. The van der Waals surface area contributed by atoms with Gasteiger partial charge in [0.25, 0.3) is 17.0 Å². The van der Waals surface area contributed by atoms with Crippen molar-refractivity contribution in [3.63, 3.8) is 0 Å². The molecule has 3 aromatic heterocycles. The highest BCUT2D eigenvalue weighted by atomic mass is 35.5. The lowest BCUT2D eigenvalue weighted by molar-refractivity contribution is 0.102. The molecule has 0 aliphatic carbocycles. The highest BCUT2D eigenvalue weighted by molar-refractivity contribution is 6.32. The Morgan fingerprint density at radius 1 is 1.12 bits per heavy atom. The van der Waals surface area contributed by atoms with Gasteiger partial charge in [-0.2, -0.15) is 0 Å². The molecule has 10 heteroatoms. The maximum atomic E-state index is 12.7. The molecule has 0 saturated heterocycles. The summed E-state index contributed by atoms with van der Waals surface area (Å²) in [6.07, 6.45) is 1.46. The van der Waals surface area contributed by atoms with E-state index in [4.69, 9.17) is 11.6 Å². The van der Waals surface area contributed by atoms with Crippen molar-refractivity contribution < 1.29 is 4.79 Å². The van der Waals surface area contributed by atoms with E-state index in [0.717, 1.165) is 19.8 Å². The van der Waals surface area contributed by atoms with Crippen molar-refractivity contribution in [1.82, 2.24) is 18.7 Å². The average molecular weight is 376 g/mol. The predicted molar refractivity (Wildman–Crippen MR) is 96.9 cm³/mol. The average Bonchev–Trinajstić information content (AvgIpc) is 2.61. The van der Waals surface area contributed by atoms with Crippen LogP contribution in [0.3, 0.4) is 0 Å². The first-order valence-electron chi connectivity index (χ1n) is 7.45.